The van der Waals surface area contributed by atoms with Crippen molar-refractivity contribution in [1.82, 2.24) is 0 Å². The van der Waals surface area contributed by atoms with E-state index in [0.717, 1.165) is 43.0 Å². The average molecular weight is 246 g/mol. The summed E-state index contributed by atoms with van der Waals surface area (Å²) in [7, 11) is 0. The smallest absolute Gasteiger partial charge is 0.104 e. The predicted octanol–water partition coefficient (Wildman–Crippen LogP) is 4.61. The Labute approximate surface area is 110 Å². The molecule has 0 fully saturated rings. The lowest BCUT2D eigenvalue weighted by Gasteiger charge is -2.25. The minimum Gasteiger partial charge on any atom is -0.492 e. The van der Waals surface area contributed by atoms with Crippen LogP contribution in [0.5, 0.6) is 0 Å². The van der Waals surface area contributed by atoms with Gasteiger partial charge in [0.2, 0.25) is 0 Å². The molecule has 0 spiro atoms. The fourth-order valence-corrected chi connectivity index (χ4v) is 2.00. The molecule has 0 atom stereocenters. The number of hydrogen-bond donors (Lipinski definition) is 0. The molecule has 2 rings (SSSR count). The highest BCUT2D eigenvalue weighted by Gasteiger charge is 2.16. The van der Waals surface area contributed by atoms with E-state index in [2.05, 4.69) is 39.0 Å². The Morgan fingerprint density at radius 3 is 2.11 bits per heavy atom. The summed E-state index contributed by atoms with van der Waals surface area (Å²) in [6, 6.07) is 0. The molecule has 0 amide bonds. The van der Waals surface area contributed by atoms with E-state index in [1.165, 1.54) is 0 Å². The Morgan fingerprint density at radius 1 is 0.889 bits per heavy atom. The Kier molecular flexibility index (Phi) is 3.95. The van der Waals surface area contributed by atoms with Crippen molar-refractivity contribution in [3.05, 3.63) is 47.7 Å². The maximum Gasteiger partial charge on any atom is 0.104 e. The maximum absolute atomic E-state index is 5.88. The van der Waals surface area contributed by atoms with Gasteiger partial charge in [-0.25, -0.2) is 0 Å². The van der Waals surface area contributed by atoms with Gasteiger partial charge in [-0.05, 0) is 45.4 Å². The molecule has 18 heavy (non-hydrogen) atoms. The molecule has 0 bridgehead atoms. The molecule has 0 radical (unpaired) electrons. The molecule has 0 unspecified atom stereocenters. The number of ether oxygens (including phenoxy) is 2. The van der Waals surface area contributed by atoms with E-state index in [4.69, 9.17) is 9.47 Å². The molecule has 2 nitrogen and oxygen atoms in total. The highest BCUT2D eigenvalue weighted by molar-refractivity contribution is 5.21. The van der Waals surface area contributed by atoms with Crippen molar-refractivity contribution in [3.8, 4) is 0 Å². The van der Waals surface area contributed by atoms with Crippen LogP contribution in [0.2, 0.25) is 0 Å². The second-order valence-electron chi connectivity index (χ2n) is 5.68. The van der Waals surface area contributed by atoms with Gasteiger partial charge in [-0.1, -0.05) is 12.2 Å². The summed E-state index contributed by atoms with van der Waals surface area (Å²) >= 11 is 0. The van der Waals surface area contributed by atoms with Crippen LogP contribution in [0.1, 0.15) is 46.5 Å². The Hall–Kier alpha value is -1.44. The Morgan fingerprint density at radius 2 is 1.56 bits per heavy atom. The zero-order valence-corrected chi connectivity index (χ0v) is 11.5. The van der Waals surface area contributed by atoms with Crippen LogP contribution in [0.25, 0.3) is 0 Å². The molecular weight excluding hydrogens is 224 g/mol. The summed E-state index contributed by atoms with van der Waals surface area (Å²) in [6.45, 7) is 6.22. The largest absolute Gasteiger partial charge is 0.492 e. The molecular formula is C16H22O2. The average Bonchev–Trinajstić information content (AvgIpc) is 2.31. The molecule has 98 valence electrons. The Bertz CT molecular complexity index is 417. The van der Waals surface area contributed by atoms with Crippen LogP contribution in [0.3, 0.4) is 0 Å². The monoisotopic (exact) mass is 246 g/mol. The van der Waals surface area contributed by atoms with Crippen LogP contribution in [-0.4, -0.2) is 5.60 Å². The number of hydrogen-bond acceptors (Lipinski definition) is 2. The third-order valence-electron chi connectivity index (χ3n) is 2.75. The van der Waals surface area contributed by atoms with Crippen molar-refractivity contribution in [2.75, 3.05) is 0 Å². The van der Waals surface area contributed by atoms with E-state index >= 15 is 0 Å². The van der Waals surface area contributed by atoms with Gasteiger partial charge in [0.1, 0.15) is 17.1 Å². The van der Waals surface area contributed by atoms with Crippen molar-refractivity contribution in [1.29, 1.82) is 0 Å². The van der Waals surface area contributed by atoms with Gasteiger partial charge in [-0.15, -0.1) is 0 Å². The quantitative estimate of drug-likeness (QED) is 0.723. The fourth-order valence-electron chi connectivity index (χ4n) is 2.00. The molecule has 0 aromatic rings. The molecule has 0 saturated carbocycles. The summed E-state index contributed by atoms with van der Waals surface area (Å²) in [6.07, 6.45) is 14.3. The van der Waals surface area contributed by atoms with Crippen LogP contribution in [0.4, 0.5) is 0 Å². The second kappa shape index (κ2) is 5.47. The Balaban J connectivity index is 1.93. The van der Waals surface area contributed by atoms with Crippen molar-refractivity contribution in [2.24, 2.45) is 0 Å². The lowest BCUT2D eigenvalue weighted by Crippen LogP contribution is -2.19. The first-order chi connectivity index (χ1) is 8.53. The fraction of sp³-hybridized carbons (Fsp3) is 0.500. The van der Waals surface area contributed by atoms with Gasteiger partial charge in [0.15, 0.2) is 0 Å². The zero-order valence-electron chi connectivity index (χ0n) is 11.5. The van der Waals surface area contributed by atoms with E-state index in [1.54, 1.807) is 0 Å². The molecule has 0 saturated heterocycles. The van der Waals surface area contributed by atoms with Gasteiger partial charge in [0.05, 0.1) is 5.76 Å². The lowest BCUT2D eigenvalue weighted by molar-refractivity contribution is 0.0452. The molecule has 0 N–H and O–H groups in total. The van der Waals surface area contributed by atoms with Crippen LogP contribution in [-0.2, 0) is 9.47 Å². The van der Waals surface area contributed by atoms with Crippen LogP contribution < -0.4 is 0 Å². The molecule has 0 aromatic carbocycles. The molecule has 2 aliphatic rings. The van der Waals surface area contributed by atoms with Gasteiger partial charge in [0.25, 0.3) is 0 Å². The summed E-state index contributed by atoms with van der Waals surface area (Å²) in [5.74, 6) is 3.16. The highest BCUT2D eigenvalue weighted by atomic mass is 16.5. The van der Waals surface area contributed by atoms with Crippen LogP contribution in [0.15, 0.2) is 47.7 Å². The third-order valence-corrected chi connectivity index (χ3v) is 2.75. The van der Waals surface area contributed by atoms with Crippen molar-refractivity contribution in [3.63, 3.8) is 0 Å². The van der Waals surface area contributed by atoms with E-state index in [-0.39, 0.29) is 5.60 Å². The summed E-state index contributed by atoms with van der Waals surface area (Å²) in [5, 5.41) is 0. The second-order valence-corrected chi connectivity index (χ2v) is 5.68. The van der Waals surface area contributed by atoms with Crippen molar-refractivity contribution >= 4 is 0 Å². The van der Waals surface area contributed by atoms with Crippen LogP contribution >= 0.6 is 0 Å². The summed E-state index contributed by atoms with van der Waals surface area (Å²) in [4.78, 5) is 0. The normalized spacial score (nSPS) is 19.8. The van der Waals surface area contributed by atoms with Crippen LogP contribution in [0, 0.1) is 0 Å². The highest BCUT2D eigenvalue weighted by Crippen LogP contribution is 2.27. The SMILES string of the molecule is CC(C)(C)OC1=CC=C(OC2=CC=CCC2)CC1. The molecule has 0 heterocycles. The molecule has 0 aromatic heterocycles. The summed E-state index contributed by atoms with van der Waals surface area (Å²) < 4.78 is 11.7. The molecule has 2 aliphatic carbocycles. The first-order valence-electron chi connectivity index (χ1n) is 6.65. The zero-order chi connectivity index (χ0) is 13.0. The summed E-state index contributed by atoms with van der Waals surface area (Å²) in [5.41, 5.74) is -0.116. The lowest BCUT2D eigenvalue weighted by atomic mass is 10.1. The number of allylic oxidation sites excluding steroid dienone is 8. The minimum absolute atomic E-state index is 0.116. The predicted molar refractivity (Wildman–Crippen MR) is 73.8 cm³/mol. The van der Waals surface area contributed by atoms with Crippen molar-refractivity contribution < 1.29 is 9.47 Å². The standard InChI is InChI=1S/C16H22O2/c1-16(2,3)18-15-11-9-14(10-12-15)17-13-7-5-4-6-8-13/h4-5,7,9,11H,6,8,10,12H2,1-3H3. The van der Waals surface area contributed by atoms with E-state index in [9.17, 15) is 0 Å². The molecule has 0 aliphatic heterocycles. The van der Waals surface area contributed by atoms with E-state index < -0.39 is 0 Å². The van der Waals surface area contributed by atoms with Gasteiger partial charge in [0, 0.05) is 19.3 Å². The first-order valence-corrected chi connectivity index (χ1v) is 6.65. The van der Waals surface area contributed by atoms with Gasteiger partial charge in [-0.2, -0.15) is 0 Å². The minimum atomic E-state index is -0.116. The van der Waals surface area contributed by atoms with E-state index in [1.807, 2.05) is 12.2 Å². The van der Waals surface area contributed by atoms with Gasteiger partial charge >= 0.3 is 0 Å². The topological polar surface area (TPSA) is 18.5 Å². The maximum atomic E-state index is 5.88. The molecule has 2 heteroatoms. The van der Waals surface area contributed by atoms with E-state index in [0.29, 0.717) is 0 Å². The number of rotatable bonds is 3. The third kappa shape index (κ3) is 4.10. The van der Waals surface area contributed by atoms with Gasteiger partial charge in [-0.3, -0.25) is 0 Å². The van der Waals surface area contributed by atoms with Crippen molar-refractivity contribution in [2.45, 2.75) is 52.1 Å². The van der Waals surface area contributed by atoms with Gasteiger partial charge < -0.3 is 9.47 Å². The first kappa shape index (κ1) is 13.0.